The van der Waals surface area contributed by atoms with Crippen LogP contribution in [0.5, 0.6) is 0 Å². The van der Waals surface area contributed by atoms with Crippen LogP contribution in [0.15, 0.2) is 58.5 Å². The maximum absolute atomic E-state index is 12.9. The highest BCUT2D eigenvalue weighted by molar-refractivity contribution is 14.1. The van der Waals surface area contributed by atoms with Gasteiger partial charge >= 0.3 is 0 Å². The first-order valence-corrected chi connectivity index (χ1v) is 9.32. The van der Waals surface area contributed by atoms with Crippen molar-refractivity contribution in [2.75, 3.05) is 12.3 Å². The largest absolute Gasteiger partial charge is 0.330 e. The zero-order chi connectivity index (χ0) is 16.2. The third-order valence-electron chi connectivity index (χ3n) is 3.41. The molecule has 23 heavy (non-hydrogen) atoms. The Labute approximate surface area is 152 Å². The molecule has 2 N–H and O–H groups in total. The Morgan fingerprint density at radius 2 is 1.96 bits per heavy atom. The van der Waals surface area contributed by atoms with Gasteiger partial charge in [0.1, 0.15) is 0 Å². The molecule has 0 aliphatic heterocycles. The molecule has 2 aromatic carbocycles. The summed E-state index contributed by atoms with van der Waals surface area (Å²) in [4.78, 5) is 17.6. The third-order valence-corrected chi connectivity index (χ3v) is 5.09. The molecule has 0 aliphatic carbocycles. The number of fused-ring (bicyclic) bond motifs is 1. The van der Waals surface area contributed by atoms with E-state index in [4.69, 9.17) is 5.73 Å². The van der Waals surface area contributed by atoms with E-state index in [-0.39, 0.29) is 5.56 Å². The minimum absolute atomic E-state index is 0.00288. The number of benzene rings is 2. The first-order valence-electron chi connectivity index (χ1n) is 7.26. The van der Waals surface area contributed by atoms with Crippen molar-refractivity contribution in [2.45, 2.75) is 11.7 Å². The average Bonchev–Trinajstić information content (AvgIpc) is 2.57. The summed E-state index contributed by atoms with van der Waals surface area (Å²) in [5.74, 6) is 0.733. The summed E-state index contributed by atoms with van der Waals surface area (Å²) >= 11 is 3.74. The van der Waals surface area contributed by atoms with Gasteiger partial charge in [0.2, 0.25) is 0 Å². The first-order chi connectivity index (χ1) is 11.2. The smallest absolute Gasteiger partial charge is 0.262 e. The van der Waals surface area contributed by atoms with Gasteiger partial charge in [-0.2, -0.15) is 0 Å². The van der Waals surface area contributed by atoms with Crippen LogP contribution in [0.2, 0.25) is 0 Å². The van der Waals surface area contributed by atoms with Crippen LogP contribution in [-0.4, -0.2) is 21.8 Å². The van der Waals surface area contributed by atoms with Gasteiger partial charge in [-0.3, -0.25) is 9.36 Å². The Morgan fingerprint density at radius 3 is 2.70 bits per heavy atom. The number of nitrogens with two attached hydrogens (primary N) is 1. The number of thioether (sulfide) groups is 1. The van der Waals surface area contributed by atoms with E-state index in [1.54, 1.807) is 4.57 Å². The fourth-order valence-electron chi connectivity index (χ4n) is 2.34. The first kappa shape index (κ1) is 16.5. The summed E-state index contributed by atoms with van der Waals surface area (Å²) in [5.41, 5.74) is 7.42. The molecule has 4 nitrogen and oxygen atoms in total. The molecule has 0 fully saturated rings. The fraction of sp³-hybridized carbons (Fsp3) is 0.176. The van der Waals surface area contributed by atoms with Gasteiger partial charge in [0.05, 0.1) is 17.4 Å². The molecule has 118 valence electrons. The lowest BCUT2D eigenvalue weighted by molar-refractivity contribution is 0.658. The summed E-state index contributed by atoms with van der Waals surface area (Å²) in [5, 5.41) is 1.38. The molecule has 0 bridgehead atoms. The second-order valence-corrected chi connectivity index (χ2v) is 7.38. The van der Waals surface area contributed by atoms with Gasteiger partial charge in [0.25, 0.3) is 5.56 Å². The molecule has 0 aliphatic rings. The molecule has 0 radical (unpaired) electrons. The van der Waals surface area contributed by atoms with Gasteiger partial charge in [0.15, 0.2) is 5.16 Å². The van der Waals surface area contributed by atoms with Crippen LogP contribution >= 0.6 is 34.4 Å². The van der Waals surface area contributed by atoms with Gasteiger partial charge in [-0.1, -0.05) is 42.1 Å². The minimum atomic E-state index is -0.00288. The van der Waals surface area contributed by atoms with E-state index in [0.717, 1.165) is 25.6 Å². The van der Waals surface area contributed by atoms with E-state index in [2.05, 4.69) is 27.6 Å². The molecule has 6 heteroatoms. The van der Waals surface area contributed by atoms with Crippen LogP contribution in [0.1, 0.15) is 5.56 Å². The van der Waals surface area contributed by atoms with Gasteiger partial charge in [-0.15, -0.1) is 0 Å². The molecule has 0 amide bonds. The topological polar surface area (TPSA) is 60.9 Å². The summed E-state index contributed by atoms with van der Waals surface area (Å²) in [6.07, 6.45) is 0. The number of rotatable bonds is 5. The van der Waals surface area contributed by atoms with E-state index in [0.29, 0.717) is 18.5 Å². The summed E-state index contributed by atoms with van der Waals surface area (Å²) in [6.45, 7) is 1.07. The van der Waals surface area contributed by atoms with Crippen LogP contribution in [0.4, 0.5) is 0 Å². The van der Waals surface area contributed by atoms with Gasteiger partial charge in [-0.25, -0.2) is 4.98 Å². The maximum atomic E-state index is 12.9. The fourth-order valence-corrected chi connectivity index (χ4v) is 3.60. The Morgan fingerprint density at radius 1 is 1.17 bits per heavy atom. The normalized spacial score (nSPS) is 11.0. The third kappa shape index (κ3) is 3.76. The number of hydrogen-bond acceptors (Lipinski definition) is 4. The van der Waals surface area contributed by atoms with Gasteiger partial charge in [0, 0.05) is 15.9 Å². The lowest BCUT2D eigenvalue weighted by Crippen LogP contribution is -2.24. The van der Waals surface area contributed by atoms with E-state index >= 15 is 0 Å². The van der Waals surface area contributed by atoms with Crippen LogP contribution in [0, 0.1) is 3.57 Å². The van der Waals surface area contributed by atoms with E-state index in [1.165, 1.54) is 11.8 Å². The average molecular weight is 437 g/mol. The molecule has 1 heterocycles. The van der Waals surface area contributed by atoms with Crippen molar-refractivity contribution in [2.24, 2.45) is 5.73 Å². The minimum Gasteiger partial charge on any atom is -0.330 e. The quantitative estimate of drug-likeness (QED) is 0.379. The summed E-state index contributed by atoms with van der Waals surface area (Å²) in [7, 11) is 0. The van der Waals surface area contributed by atoms with Crippen molar-refractivity contribution in [3.63, 3.8) is 0 Å². The molecular weight excluding hydrogens is 421 g/mol. The molecule has 0 spiro atoms. The molecule has 0 saturated carbocycles. The highest BCUT2D eigenvalue weighted by atomic mass is 127. The predicted octanol–water partition coefficient (Wildman–Crippen LogP) is 3.10. The van der Waals surface area contributed by atoms with E-state index in [9.17, 15) is 4.79 Å². The Hall–Kier alpha value is -1.38. The molecule has 0 atom stereocenters. The number of halogens is 1. The summed E-state index contributed by atoms with van der Waals surface area (Å²) in [6, 6.07) is 15.7. The summed E-state index contributed by atoms with van der Waals surface area (Å²) < 4.78 is 2.77. The maximum Gasteiger partial charge on any atom is 0.262 e. The molecule has 3 aromatic rings. The van der Waals surface area contributed by atoms with E-state index in [1.807, 2.05) is 48.5 Å². The molecule has 0 saturated heterocycles. The highest BCUT2D eigenvalue weighted by Gasteiger charge is 2.12. The number of aromatic nitrogens is 2. The lowest BCUT2D eigenvalue weighted by Gasteiger charge is -2.13. The van der Waals surface area contributed by atoms with Crippen molar-refractivity contribution in [1.29, 1.82) is 0 Å². The van der Waals surface area contributed by atoms with Crippen molar-refractivity contribution in [3.8, 4) is 0 Å². The lowest BCUT2D eigenvalue weighted by atomic mass is 10.2. The van der Waals surface area contributed by atoms with Crippen molar-refractivity contribution >= 4 is 45.3 Å². The van der Waals surface area contributed by atoms with Gasteiger partial charge in [-0.05, 0) is 46.4 Å². The number of hydrogen-bond donors (Lipinski definition) is 1. The molecule has 3 rings (SSSR count). The molecular formula is C17H16IN3OS. The van der Waals surface area contributed by atoms with Crippen molar-refractivity contribution in [3.05, 3.63) is 68.0 Å². The van der Waals surface area contributed by atoms with Crippen LogP contribution < -0.4 is 11.3 Å². The van der Waals surface area contributed by atoms with Crippen LogP contribution in [0.3, 0.4) is 0 Å². The van der Waals surface area contributed by atoms with Crippen molar-refractivity contribution in [1.82, 2.24) is 9.55 Å². The zero-order valence-corrected chi connectivity index (χ0v) is 15.4. The van der Waals surface area contributed by atoms with E-state index < -0.39 is 0 Å². The SMILES string of the molecule is NCCSc1nc2ccc(I)cc2c(=O)n1Cc1ccccc1. The van der Waals surface area contributed by atoms with Gasteiger partial charge < -0.3 is 5.73 Å². The van der Waals surface area contributed by atoms with Crippen LogP contribution in [0.25, 0.3) is 10.9 Å². The number of nitrogens with zero attached hydrogens (tertiary/aromatic N) is 2. The molecule has 0 unspecified atom stereocenters. The molecule has 1 aromatic heterocycles. The Bertz CT molecular complexity index is 880. The highest BCUT2D eigenvalue weighted by Crippen LogP contribution is 2.20. The standard InChI is InChI=1S/C17H16IN3OS/c18-13-6-7-15-14(10-13)16(22)21(17(20-15)23-9-8-19)11-12-4-2-1-3-5-12/h1-7,10H,8-9,11,19H2. The van der Waals surface area contributed by atoms with Crippen molar-refractivity contribution < 1.29 is 0 Å². The van der Waals surface area contributed by atoms with Crippen LogP contribution in [-0.2, 0) is 6.54 Å². The Kier molecular flexibility index (Phi) is 5.34. The Balaban J connectivity index is 2.15. The monoisotopic (exact) mass is 437 g/mol. The zero-order valence-electron chi connectivity index (χ0n) is 12.4. The second-order valence-electron chi connectivity index (χ2n) is 5.07. The second kappa shape index (κ2) is 7.46. The predicted molar refractivity (Wildman–Crippen MR) is 104 cm³/mol.